The summed E-state index contributed by atoms with van der Waals surface area (Å²) in [5.74, 6) is 0.421. The zero-order chi connectivity index (χ0) is 15.3. The van der Waals surface area contributed by atoms with Gasteiger partial charge in [-0.05, 0) is 51.2 Å². The Kier molecular flexibility index (Phi) is 3.79. The first-order chi connectivity index (χ1) is 9.82. The van der Waals surface area contributed by atoms with Gasteiger partial charge in [0.1, 0.15) is 5.82 Å². The second-order valence-corrected chi connectivity index (χ2v) is 7.82. The van der Waals surface area contributed by atoms with Crippen LogP contribution in [0.5, 0.6) is 0 Å². The zero-order valence-corrected chi connectivity index (χ0v) is 13.8. The van der Waals surface area contributed by atoms with Gasteiger partial charge in [-0.25, -0.2) is 4.39 Å². The highest BCUT2D eigenvalue weighted by Gasteiger charge is 2.49. The van der Waals surface area contributed by atoms with E-state index in [0.717, 1.165) is 24.6 Å². The molecule has 21 heavy (non-hydrogen) atoms. The minimum atomic E-state index is -0.323. The van der Waals surface area contributed by atoms with Crippen LogP contribution in [0, 0.1) is 11.7 Å². The molecule has 4 heteroatoms. The van der Waals surface area contributed by atoms with E-state index in [4.69, 9.17) is 11.6 Å². The van der Waals surface area contributed by atoms with Crippen molar-refractivity contribution in [3.8, 4) is 0 Å². The normalized spacial score (nSPS) is 29.6. The van der Waals surface area contributed by atoms with E-state index in [2.05, 4.69) is 31.0 Å². The Balaban J connectivity index is 1.87. The molecule has 1 atom stereocenters. The summed E-state index contributed by atoms with van der Waals surface area (Å²) >= 11 is 6.15. The third kappa shape index (κ3) is 2.96. The van der Waals surface area contributed by atoms with E-state index in [1.54, 1.807) is 6.07 Å². The number of rotatable bonds is 3. The molecule has 0 aromatic heterocycles. The van der Waals surface area contributed by atoms with Crippen LogP contribution in [0.1, 0.15) is 39.2 Å². The molecule has 2 nitrogen and oxygen atoms in total. The van der Waals surface area contributed by atoms with Gasteiger partial charge in [0.05, 0.1) is 5.02 Å². The van der Waals surface area contributed by atoms with Crippen molar-refractivity contribution in [1.29, 1.82) is 0 Å². The lowest BCUT2D eigenvalue weighted by Crippen LogP contribution is -2.67. The summed E-state index contributed by atoms with van der Waals surface area (Å²) in [6.07, 6.45) is 2.60. The molecule has 1 aromatic carbocycles. The lowest BCUT2D eigenvalue weighted by molar-refractivity contribution is 0.00517. The van der Waals surface area contributed by atoms with Gasteiger partial charge in [0.15, 0.2) is 0 Å². The van der Waals surface area contributed by atoms with Crippen molar-refractivity contribution >= 4 is 11.6 Å². The van der Waals surface area contributed by atoms with E-state index < -0.39 is 0 Å². The van der Waals surface area contributed by atoms with Crippen LogP contribution in [0.15, 0.2) is 18.2 Å². The fraction of sp³-hybridized carbons (Fsp3) is 0.647. The van der Waals surface area contributed by atoms with E-state index in [0.29, 0.717) is 6.54 Å². The molecule has 2 aliphatic rings. The Bertz CT molecular complexity index is 542. The van der Waals surface area contributed by atoms with Crippen LogP contribution in [0.2, 0.25) is 5.02 Å². The first-order valence-electron chi connectivity index (χ1n) is 7.75. The predicted octanol–water partition coefficient (Wildman–Crippen LogP) is 3.83. The van der Waals surface area contributed by atoms with Crippen LogP contribution >= 0.6 is 11.6 Å². The third-order valence-electron chi connectivity index (χ3n) is 5.08. The van der Waals surface area contributed by atoms with E-state index in [9.17, 15) is 4.39 Å². The van der Waals surface area contributed by atoms with Crippen LogP contribution in [-0.4, -0.2) is 29.1 Å². The fourth-order valence-electron chi connectivity index (χ4n) is 3.46. The molecule has 1 saturated heterocycles. The predicted molar refractivity (Wildman–Crippen MR) is 85.0 cm³/mol. The van der Waals surface area contributed by atoms with E-state index in [-0.39, 0.29) is 21.9 Å². The fourth-order valence-corrected chi connectivity index (χ4v) is 3.65. The van der Waals surface area contributed by atoms with Gasteiger partial charge in [0, 0.05) is 30.7 Å². The molecule has 3 rings (SSSR count). The Morgan fingerprint density at radius 2 is 2.05 bits per heavy atom. The standard InChI is InChI=1S/C17H24ClFN2/c1-16(2)11-21(17(3,10-20-16)13-7-8-13)9-12-5-4-6-14(19)15(12)18/h4-6,13,20H,7-11H2,1-3H3. The van der Waals surface area contributed by atoms with Crippen molar-refractivity contribution in [3.63, 3.8) is 0 Å². The summed E-state index contributed by atoms with van der Waals surface area (Å²) < 4.78 is 13.7. The van der Waals surface area contributed by atoms with Crippen LogP contribution in [0.25, 0.3) is 0 Å². The lowest BCUT2D eigenvalue weighted by atomic mass is 9.85. The molecule has 1 aliphatic carbocycles. The van der Waals surface area contributed by atoms with Crippen LogP contribution in [0.4, 0.5) is 4.39 Å². The minimum absolute atomic E-state index is 0.0776. The van der Waals surface area contributed by atoms with Crippen molar-refractivity contribution < 1.29 is 4.39 Å². The Labute approximate surface area is 131 Å². The monoisotopic (exact) mass is 310 g/mol. The molecule has 0 spiro atoms. The molecule has 0 bridgehead atoms. The van der Waals surface area contributed by atoms with Gasteiger partial charge < -0.3 is 5.32 Å². The number of hydrogen-bond donors (Lipinski definition) is 1. The number of benzene rings is 1. The Morgan fingerprint density at radius 1 is 1.33 bits per heavy atom. The number of hydrogen-bond acceptors (Lipinski definition) is 2. The highest BCUT2D eigenvalue weighted by molar-refractivity contribution is 6.31. The zero-order valence-electron chi connectivity index (χ0n) is 13.0. The van der Waals surface area contributed by atoms with E-state index in [1.807, 2.05) is 6.07 Å². The number of nitrogens with zero attached hydrogens (tertiary/aromatic N) is 1. The highest BCUT2D eigenvalue weighted by Crippen LogP contribution is 2.45. The smallest absolute Gasteiger partial charge is 0.142 e. The summed E-state index contributed by atoms with van der Waals surface area (Å²) in [6.45, 7) is 9.43. The maximum atomic E-state index is 13.7. The molecule has 1 unspecified atom stereocenters. The molecule has 1 N–H and O–H groups in total. The first kappa shape index (κ1) is 15.3. The molecule has 116 valence electrons. The molecule has 0 amide bonds. The first-order valence-corrected chi connectivity index (χ1v) is 8.13. The van der Waals surface area contributed by atoms with Crippen molar-refractivity contribution in [2.45, 2.75) is 51.2 Å². The Morgan fingerprint density at radius 3 is 2.71 bits per heavy atom. The lowest BCUT2D eigenvalue weighted by Gasteiger charge is -2.52. The largest absolute Gasteiger partial charge is 0.309 e. The van der Waals surface area contributed by atoms with Crippen molar-refractivity contribution in [2.75, 3.05) is 13.1 Å². The molecule has 0 radical (unpaired) electrons. The van der Waals surface area contributed by atoms with Crippen molar-refractivity contribution in [2.24, 2.45) is 5.92 Å². The van der Waals surface area contributed by atoms with Gasteiger partial charge in [0.25, 0.3) is 0 Å². The topological polar surface area (TPSA) is 15.3 Å². The van der Waals surface area contributed by atoms with Gasteiger partial charge in [-0.2, -0.15) is 0 Å². The number of piperazine rings is 1. The van der Waals surface area contributed by atoms with Gasteiger partial charge in [-0.3, -0.25) is 4.90 Å². The molecule has 1 saturated carbocycles. The van der Waals surface area contributed by atoms with Gasteiger partial charge in [0.2, 0.25) is 0 Å². The van der Waals surface area contributed by atoms with Gasteiger partial charge >= 0.3 is 0 Å². The number of halogens is 2. The van der Waals surface area contributed by atoms with Crippen LogP contribution in [0.3, 0.4) is 0 Å². The maximum absolute atomic E-state index is 13.7. The van der Waals surface area contributed by atoms with Crippen LogP contribution in [-0.2, 0) is 6.54 Å². The minimum Gasteiger partial charge on any atom is -0.309 e. The summed E-state index contributed by atoms with van der Waals surface area (Å²) in [7, 11) is 0. The molecule has 1 heterocycles. The molecular weight excluding hydrogens is 287 g/mol. The molecule has 1 aromatic rings. The average Bonchev–Trinajstić information content (AvgIpc) is 3.24. The third-order valence-corrected chi connectivity index (χ3v) is 5.51. The van der Waals surface area contributed by atoms with Gasteiger partial charge in [-0.15, -0.1) is 0 Å². The van der Waals surface area contributed by atoms with E-state index >= 15 is 0 Å². The van der Waals surface area contributed by atoms with Gasteiger partial charge in [-0.1, -0.05) is 23.7 Å². The summed E-state index contributed by atoms with van der Waals surface area (Å²) in [6, 6.07) is 5.11. The van der Waals surface area contributed by atoms with Crippen molar-refractivity contribution in [1.82, 2.24) is 10.2 Å². The number of nitrogens with one attached hydrogen (secondary N) is 1. The highest BCUT2D eigenvalue weighted by atomic mass is 35.5. The maximum Gasteiger partial charge on any atom is 0.142 e. The molecular formula is C17H24ClFN2. The summed E-state index contributed by atoms with van der Waals surface area (Å²) in [4.78, 5) is 2.50. The van der Waals surface area contributed by atoms with Crippen LogP contribution < -0.4 is 5.32 Å². The quantitative estimate of drug-likeness (QED) is 0.912. The van der Waals surface area contributed by atoms with E-state index in [1.165, 1.54) is 18.9 Å². The summed E-state index contributed by atoms with van der Waals surface area (Å²) in [5, 5.41) is 3.93. The SMILES string of the molecule is CC1(C)CN(Cc2cccc(F)c2Cl)C(C)(C2CC2)CN1. The Hall–Kier alpha value is -0.640. The second-order valence-electron chi connectivity index (χ2n) is 7.44. The average molecular weight is 311 g/mol. The molecule has 1 aliphatic heterocycles. The van der Waals surface area contributed by atoms with Crippen molar-refractivity contribution in [3.05, 3.63) is 34.6 Å². The summed E-state index contributed by atoms with van der Waals surface area (Å²) in [5.41, 5.74) is 1.11. The second kappa shape index (κ2) is 5.22. The molecule has 2 fully saturated rings.